The van der Waals surface area contributed by atoms with Crippen LogP contribution in [0.4, 0.5) is 0 Å². The van der Waals surface area contributed by atoms with Crippen molar-refractivity contribution < 1.29 is 19.4 Å². The largest absolute Gasteiger partial charge is 0.482 e. The lowest BCUT2D eigenvalue weighted by molar-refractivity contribution is -0.139. The average Bonchev–Trinajstić information content (AvgIpc) is 2.54. The maximum absolute atomic E-state index is 10.5. The van der Waals surface area contributed by atoms with E-state index in [0.29, 0.717) is 17.2 Å². The van der Waals surface area contributed by atoms with Gasteiger partial charge in [-0.3, -0.25) is 0 Å². The Hall–Kier alpha value is -3.65. The van der Waals surface area contributed by atoms with Crippen LogP contribution in [0.1, 0.15) is 17.1 Å². The second-order valence-electron chi connectivity index (χ2n) is 4.29. The van der Waals surface area contributed by atoms with Crippen molar-refractivity contribution in [3.05, 3.63) is 41.3 Å². The van der Waals surface area contributed by atoms with E-state index >= 15 is 0 Å². The summed E-state index contributed by atoms with van der Waals surface area (Å²) in [7, 11) is 0. The molecule has 2 rings (SSSR count). The fourth-order valence-corrected chi connectivity index (χ4v) is 1.64. The molecule has 8 nitrogen and oxygen atoms in total. The first kappa shape index (κ1) is 15.7. The summed E-state index contributed by atoms with van der Waals surface area (Å²) in [6.45, 7) is 1.12. The van der Waals surface area contributed by atoms with Gasteiger partial charge in [0.25, 0.3) is 0 Å². The number of hydrogen-bond acceptors (Lipinski definition) is 7. The number of aromatic nitrogens is 2. The molecule has 0 aliphatic rings. The predicted molar refractivity (Wildman–Crippen MR) is 75.8 cm³/mol. The molecule has 0 aliphatic heterocycles. The molecule has 1 aromatic heterocycles. The zero-order valence-corrected chi connectivity index (χ0v) is 12.0. The Balaban J connectivity index is 2.26. The number of rotatable bonds is 5. The van der Waals surface area contributed by atoms with E-state index in [1.54, 1.807) is 37.3 Å². The Morgan fingerprint density at radius 1 is 1.22 bits per heavy atom. The minimum absolute atomic E-state index is 0.0732. The molecule has 114 valence electrons. The van der Waals surface area contributed by atoms with E-state index in [-0.39, 0.29) is 17.3 Å². The molecule has 0 amide bonds. The van der Waals surface area contributed by atoms with Crippen LogP contribution in [0.15, 0.2) is 24.3 Å². The molecule has 2 aromatic rings. The lowest BCUT2D eigenvalue weighted by Gasteiger charge is -2.09. The number of ether oxygens (including phenoxy) is 2. The van der Waals surface area contributed by atoms with Gasteiger partial charge in [-0.25, -0.2) is 9.78 Å². The Labute approximate surface area is 131 Å². The van der Waals surface area contributed by atoms with Crippen molar-refractivity contribution in [1.82, 2.24) is 9.97 Å². The van der Waals surface area contributed by atoms with Crippen LogP contribution in [0, 0.1) is 29.6 Å². The summed E-state index contributed by atoms with van der Waals surface area (Å²) in [5.41, 5.74) is 0.139. The van der Waals surface area contributed by atoms with E-state index in [2.05, 4.69) is 9.97 Å². The highest BCUT2D eigenvalue weighted by Gasteiger charge is 2.13. The highest BCUT2D eigenvalue weighted by molar-refractivity contribution is 5.68. The third-order valence-corrected chi connectivity index (χ3v) is 2.62. The minimum Gasteiger partial charge on any atom is -0.482 e. The molecule has 0 saturated heterocycles. The fourth-order valence-electron chi connectivity index (χ4n) is 1.64. The maximum Gasteiger partial charge on any atom is 0.341 e. The summed E-state index contributed by atoms with van der Waals surface area (Å²) >= 11 is 0. The number of carboxylic acids is 1. The molecule has 0 saturated carbocycles. The van der Waals surface area contributed by atoms with Crippen LogP contribution in [0.25, 0.3) is 0 Å². The molecule has 0 spiro atoms. The van der Waals surface area contributed by atoms with Crippen LogP contribution in [0.5, 0.6) is 17.4 Å². The van der Waals surface area contributed by atoms with E-state index in [9.17, 15) is 4.79 Å². The summed E-state index contributed by atoms with van der Waals surface area (Å²) in [5.74, 6) is -0.372. The van der Waals surface area contributed by atoms with Gasteiger partial charge in [0.15, 0.2) is 18.0 Å². The standard InChI is InChI=1S/C15H10N4O4/c1-9-15(19-13(7-17)12(6-16)18-9)23-11-4-2-3-10(5-11)22-8-14(20)21/h2-5H,8H2,1H3,(H,20,21). The number of nitrogens with zero attached hydrogens (tertiary/aromatic N) is 4. The second-order valence-corrected chi connectivity index (χ2v) is 4.29. The summed E-state index contributed by atoms with van der Waals surface area (Å²) in [4.78, 5) is 18.4. The van der Waals surface area contributed by atoms with Crippen molar-refractivity contribution >= 4 is 5.97 Å². The fraction of sp³-hybridized carbons (Fsp3) is 0.133. The first-order valence-corrected chi connectivity index (χ1v) is 6.35. The van der Waals surface area contributed by atoms with Crippen LogP contribution < -0.4 is 9.47 Å². The normalized spacial score (nSPS) is 9.52. The highest BCUT2D eigenvalue weighted by atomic mass is 16.5. The molecule has 0 aliphatic carbocycles. The van der Waals surface area contributed by atoms with Gasteiger partial charge in [-0.05, 0) is 19.1 Å². The van der Waals surface area contributed by atoms with Gasteiger partial charge >= 0.3 is 5.97 Å². The number of nitriles is 2. The average molecular weight is 310 g/mol. The van der Waals surface area contributed by atoms with E-state index < -0.39 is 12.6 Å². The minimum atomic E-state index is -1.09. The number of carboxylic acid groups (broad SMARTS) is 1. The molecule has 8 heteroatoms. The van der Waals surface area contributed by atoms with Gasteiger partial charge in [0.1, 0.15) is 29.3 Å². The summed E-state index contributed by atoms with van der Waals surface area (Å²) < 4.78 is 10.6. The van der Waals surface area contributed by atoms with Gasteiger partial charge in [0.2, 0.25) is 5.88 Å². The SMILES string of the molecule is Cc1nc(C#N)c(C#N)nc1Oc1cccc(OCC(=O)O)c1. The topological polar surface area (TPSA) is 129 Å². The van der Waals surface area contributed by atoms with Crippen molar-refractivity contribution in [3.63, 3.8) is 0 Å². The number of aryl methyl sites for hydroxylation is 1. The smallest absolute Gasteiger partial charge is 0.341 e. The molecule has 0 atom stereocenters. The molecule has 0 radical (unpaired) electrons. The van der Waals surface area contributed by atoms with Crippen molar-refractivity contribution in [2.45, 2.75) is 6.92 Å². The molecule has 1 heterocycles. The number of aliphatic carboxylic acids is 1. The number of carbonyl (C=O) groups is 1. The van der Waals surface area contributed by atoms with Crippen LogP contribution >= 0.6 is 0 Å². The van der Waals surface area contributed by atoms with Gasteiger partial charge in [-0.15, -0.1) is 0 Å². The summed E-state index contributed by atoms with van der Waals surface area (Å²) in [6.07, 6.45) is 0. The van der Waals surface area contributed by atoms with E-state index in [4.69, 9.17) is 25.1 Å². The lowest BCUT2D eigenvalue weighted by atomic mass is 10.3. The predicted octanol–water partition coefficient (Wildman–Crippen LogP) is 1.78. The third kappa shape index (κ3) is 3.93. The highest BCUT2D eigenvalue weighted by Crippen LogP contribution is 2.26. The van der Waals surface area contributed by atoms with Crippen LogP contribution in [-0.2, 0) is 4.79 Å². The molecule has 0 unspecified atom stereocenters. The molecule has 0 bridgehead atoms. The van der Waals surface area contributed by atoms with Crippen LogP contribution in [0.2, 0.25) is 0 Å². The van der Waals surface area contributed by atoms with Crippen LogP contribution in [0.3, 0.4) is 0 Å². The Kier molecular flexibility index (Phi) is 4.70. The van der Waals surface area contributed by atoms with Crippen molar-refractivity contribution in [2.75, 3.05) is 6.61 Å². The first-order chi connectivity index (χ1) is 11.0. The molecule has 23 heavy (non-hydrogen) atoms. The number of benzene rings is 1. The second kappa shape index (κ2) is 6.87. The molecule has 1 aromatic carbocycles. The van der Waals surface area contributed by atoms with E-state index in [1.807, 2.05) is 0 Å². The van der Waals surface area contributed by atoms with E-state index in [1.165, 1.54) is 6.07 Å². The molecular weight excluding hydrogens is 300 g/mol. The van der Waals surface area contributed by atoms with Gasteiger partial charge in [-0.2, -0.15) is 15.5 Å². The summed E-state index contributed by atoms with van der Waals surface area (Å²) in [6, 6.07) is 9.85. The van der Waals surface area contributed by atoms with Crippen molar-refractivity contribution in [3.8, 4) is 29.5 Å². The van der Waals surface area contributed by atoms with Gasteiger partial charge in [0.05, 0.1) is 0 Å². The maximum atomic E-state index is 10.5. The zero-order chi connectivity index (χ0) is 16.8. The summed E-state index contributed by atoms with van der Waals surface area (Å²) in [5, 5.41) is 26.4. The van der Waals surface area contributed by atoms with Crippen molar-refractivity contribution in [1.29, 1.82) is 10.5 Å². The molecule has 1 N–H and O–H groups in total. The molecular formula is C15H10N4O4. The first-order valence-electron chi connectivity index (χ1n) is 6.35. The van der Waals surface area contributed by atoms with Crippen molar-refractivity contribution in [2.24, 2.45) is 0 Å². The quantitative estimate of drug-likeness (QED) is 0.884. The van der Waals surface area contributed by atoms with E-state index in [0.717, 1.165) is 0 Å². The van der Waals surface area contributed by atoms with Gasteiger partial charge < -0.3 is 14.6 Å². The molecule has 0 fully saturated rings. The monoisotopic (exact) mass is 310 g/mol. The van der Waals surface area contributed by atoms with Gasteiger partial charge in [0, 0.05) is 6.07 Å². The van der Waals surface area contributed by atoms with Gasteiger partial charge in [-0.1, -0.05) is 6.07 Å². The third-order valence-electron chi connectivity index (χ3n) is 2.62. The Bertz CT molecular complexity index is 836. The van der Waals surface area contributed by atoms with Crippen LogP contribution in [-0.4, -0.2) is 27.7 Å². The Morgan fingerprint density at radius 3 is 2.52 bits per heavy atom. The number of hydrogen-bond donors (Lipinski definition) is 1. The Morgan fingerprint density at radius 2 is 1.87 bits per heavy atom. The zero-order valence-electron chi connectivity index (χ0n) is 12.0. The lowest BCUT2D eigenvalue weighted by Crippen LogP contribution is -2.09.